The molecule has 4 aromatic rings. The summed E-state index contributed by atoms with van der Waals surface area (Å²) in [6, 6.07) is 6.80. The minimum absolute atomic E-state index is 0.0667. The quantitative estimate of drug-likeness (QED) is 0.223. The van der Waals surface area contributed by atoms with E-state index >= 15 is 0 Å². The van der Waals surface area contributed by atoms with Gasteiger partial charge in [-0.3, -0.25) is 9.59 Å². The molecule has 0 radical (unpaired) electrons. The number of carbonyl (C=O) groups excluding carboxylic acids is 2. The minimum Gasteiger partial charge on any atom is -0.385 e. The van der Waals surface area contributed by atoms with Gasteiger partial charge in [-0.15, -0.1) is 0 Å². The van der Waals surface area contributed by atoms with Crippen LogP contribution in [0.15, 0.2) is 30.6 Å². The molecule has 4 aromatic heterocycles. The van der Waals surface area contributed by atoms with Crippen LogP contribution in [0.4, 0.5) is 5.82 Å². The van der Waals surface area contributed by atoms with Crippen molar-refractivity contribution < 1.29 is 14.3 Å². The number of aryl methyl sites for hydroxylation is 1. The van der Waals surface area contributed by atoms with Crippen molar-refractivity contribution in [3.63, 3.8) is 0 Å². The third kappa shape index (κ3) is 5.62. The van der Waals surface area contributed by atoms with Gasteiger partial charge in [0.1, 0.15) is 17.2 Å². The van der Waals surface area contributed by atoms with Gasteiger partial charge in [-0.2, -0.15) is 0 Å². The highest BCUT2D eigenvalue weighted by atomic mass is 16.5. The van der Waals surface area contributed by atoms with Crippen molar-refractivity contribution >= 4 is 39.7 Å². The van der Waals surface area contributed by atoms with Crippen molar-refractivity contribution in [1.29, 1.82) is 0 Å². The van der Waals surface area contributed by atoms with Gasteiger partial charge in [0.15, 0.2) is 5.82 Å². The summed E-state index contributed by atoms with van der Waals surface area (Å²) in [4.78, 5) is 42.4. The van der Waals surface area contributed by atoms with Crippen LogP contribution in [0.5, 0.6) is 0 Å². The molecule has 0 aromatic carbocycles. The molecule has 38 heavy (non-hydrogen) atoms. The molecule has 11 nitrogen and oxygen atoms in total. The van der Waals surface area contributed by atoms with E-state index in [9.17, 15) is 9.59 Å². The first kappa shape index (κ1) is 27.1. The van der Waals surface area contributed by atoms with Gasteiger partial charge >= 0.3 is 0 Å². The fourth-order valence-electron chi connectivity index (χ4n) is 4.65. The molecule has 0 saturated carbocycles. The molecule has 11 heteroatoms. The molecule has 4 N–H and O–H groups in total. The number of anilines is 1. The lowest BCUT2D eigenvalue weighted by molar-refractivity contribution is -0.129. The Hall–Kier alpha value is -3.99. The smallest absolute Gasteiger partial charge is 0.243 e. The predicted molar refractivity (Wildman–Crippen MR) is 148 cm³/mol. The number of hydrogen-bond donors (Lipinski definition) is 4. The van der Waals surface area contributed by atoms with Crippen molar-refractivity contribution in [2.45, 2.75) is 45.7 Å². The summed E-state index contributed by atoms with van der Waals surface area (Å²) >= 11 is 0. The number of rotatable bonds is 11. The number of pyridine rings is 2. The summed E-state index contributed by atoms with van der Waals surface area (Å²) < 4.78 is 7.22. The lowest BCUT2D eigenvalue weighted by Gasteiger charge is -2.25. The Labute approximate surface area is 221 Å². The summed E-state index contributed by atoms with van der Waals surface area (Å²) in [5.74, 6) is 0.148. The van der Waals surface area contributed by atoms with Crippen molar-refractivity contribution in [3.8, 4) is 11.4 Å². The maximum Gasteiger partial charge on any atom is 0.243 e. The van der Waals surface area contributed by atoms with Gasteiger partial charge in [0, 0.05) is 40.1 Å². The van der Waals surface area contributed by atoms with E-state index in [0.29, 0.717) is 18.8 Å². The summed E-state index contributed by atoms with van der Waals surface area (Å²) in [5, 5.41) is 9.94. The molecule has 0 saturated heterocycles. The molecular weight excluding hydrogens is 484 g/mol. The number of ether oxygens (including phenoxy) is 1. The van der Waals surface area contributed by atoms with Crippen LogP contribution < -0.4 is 16.0 Å². The Balaban J connectivity index is 1.69. The SMILES string of the molecule is CNc1nc2[nH]c(-c3cccc(C(CCCOC)NC(=O)[C@@H](NC(C)=O)C(C)C)n3)cc2c2c1ncn2C. The summed E-state index contributed by atoms with van der Waals surface area (Å²) in [6.45, 7) is 5.79. The number of H-pyrrole nitrogens is 1. The molecule has 0 aliphatic heterocycles. The number of carbonyl (C=O) groups is 2. The average molecular weight is 521 g/mol. The maximum atomic E-state index is 13.2. The Morgan fingerprint density at radius 2 is 1.97 bits per heavy atom. The van der Waals surface area contributed by atoms with Gasteiger partial charge in [0.2, 0.25) is 11.8 Å². The lowest BCUT2D eigenvalue weighted by atomic mass is 10.0. The fraction of sp³-hybridized carbons (Fsp3) is 0.444. The number of aromatic nitrogens is 5. The topological polar surface area (TPSA) is 139 Å². The predicted octanol–water partition coefficient (Wildman–Crippen LogP) is 3.30. The molecular formula is C27H36N8O3. The van der Waals surface area contributed by atoms with Crippen molar-refractivity contribution in [1.82, 2.24) is 35.1 Å². The number of methoxy groups -OCH3 is 1. The second-order valence-corrected chi connectivity index (χ2v) is 9.77. The van der Waals surface area contributed by atoms with Crippen LogP contribution in [0.2, 0.25) is 0 Å². The molecule has 0 bridgehead atoms. The number of hydrogen-bond acceptors (Lipinski definition) is 7. The molecule has 2 amide bonds. The standard InChI is InChI=1S/C27H36N8O3/c1-15(2)22(30-16(3)36)27(37)33-19(11-8-12-38-6)18-9-7-10-20(31-18)21-13-17-24-23(29-14-35(24)5)26(28-4)34-25(17)32-21/h7,9-10,13-15,19,22H,8,11-12H2,1-6H3,(H,30,36)(H,33,37)(H2,28,32,34)/t19?,22-/m0/s1. The Morgan fingerprint density at radius 3 is 2.66 bits per heavy atom. The number of nitrogens with one attached hydrogen (secondary N) is 4. The van der Waals surface area contributed by atoms with Gasteiger partial charge in [0.25, 0.3) is 0 Å². The number of imidazole rings is 1. The Bertz CT molecular complexity index is 1440. The van der Waals surface area contributed by atoms with Gasteiger partial charge < -0.3 is 30.2 Å². The van der Waals surface area contributed by atoms with Crippen LogP contribution in [0.3, 0.4) is 0 Å². The van der Waals surface area contributed by atoms with Crippen molar-refractivity contribution in [2.75, 3.05) is 26.1 Å². The second kappa shape index (κ2) is 11.6. The van der Waals surface area contributed by atoms with E-state index in [2.05, 4.69) is 25.9 Å². The van der Waals surface area contributed by atoms with E-state index in [0.717, 1.165) is 45.6 Å². The minimum atomic E-state index is -0.636. The zero-order chi connectivity index (χ0) is 27.4. The van der Waals surface area contributed by atoms with Crippen LogP contribution in [0.1, 0.15) is 45.3 Å². The summed E-state index contributed by atoms with van der Waals surface area (Å²) in [6.07, 6.45) is 3.15. The first-order valence-electron chi connectivity index (χ1n) is 12.8. The van der Waals surface area contributed by atoms with E-state index in [4.69, 9.17) is 14.7 Å². The van der Waals surface area contributed by atoms with Crippen molar-refractivity contribution in [2.24, 2.45) is 13.0 Å². The number of nitrogens with zero attached hydrogens (tertiary/aromatic N) is 4. The van der Waals surface area contributed by atoms with Gasteiger partial charge in [0.05, 0.1) is 35.0 Å². The Morgan fingerprint density at radius 1 is 1.18 bits per heavy atom. The van der Waals surface area contributed by atoms with Crippen LogP contribution in [0, 0.1) is 5.92 Å². The third-order valence-electron chi connectivity index (χ3n) is 6.54. The molecule has 4 heterocycles. The van der Waals surface area contributed by atoms with Crippen molar-refractivity contribution in [3.05, 3.63) is 36.3 Å². The third-order valence-corrected chi connectivity index (χ3v) is 6.54. The molecule has 0 aliphatic rings. The lowest BCUT2D eigenvalue weighted by Crippen LogP contribution is -2.50. The highest BCUT2D eigenvalue weighted by molar-refractivity contribution is 6.07. The molecule has 0 spiro atoms. The normalized spacial score (nSPS) is 13.1. The summed E-state index contributed by atoms with van der Waals surface area (Å²) in [7, 11) is 5.43. The second-order valence-electron chi connectivity index (χ2n) is 9.77. The first-order valence-corrected chi connectivity index (χ1v) is 12.8. The zero-order valence-corrected chi connectivity index (χ0v) is 22.8. The zero-order valence-electron chi connectivity index (χ0n) is 22.8. The first-order chi connectivity index (χ1) is 18.2. The van der Waals surface area contributed by atoms with E-state index in [1.54, 1.807) is 13.4 Å². The van der Waals surface area contributed by atoms with E-state index in [1.165, 1.54) is 6.92 Å². The maximum absolute atomic E-state index is 13.2. The average Bonchev–Trinajstić information content (AvgIpc) is 3.49. The molecule has 1 unspecified atom stereocenters. The van der Waals surface area contributed by atoms with E-state index < -0.39 is 6.04 Å². The monoisotopic (exact) mass is 520 g/mol. The largest absolute Gasteiger partial charge is 0.385 e. The highest BCUT2D eigenvalue weighted by Gasteiger charge is 2.26. The van der Waals surface area contributed by atoms with Gasteiger partial charge in [-0.25, -0.2) is 15.0 Å². The molecule has 4 rings (SSSR count). The van der Waals surface area contributed by atoms with E-state index in [1.807, 2.05) is 56.8 Å². The van der Waals surface area contributed by atoms with E-state index in [-0.39, 0.29) is 23.8 Å². The Kier molecular flexibility index (Phi) is 8.26. The van der Waals surface area contributed by atoms with Crippen LogP contribution in [-0.2, 0) is 21.4 Å². The number of fused-ring (bicyclic) bond motifs is 3. The number of aromatic amines is 1. The fourth-order valence-corrected chi connectivity index (χ4v) is 4.65. The highest BCUT2D eigenvalue weighted by Crippen LogP contribution is 2.31. The van der Waals surface area contributed by atoms with Gasteiger partial charge in [-0.05, 0) is 37.0 Å². The van der Waals surface area contributed by atoms with Crippen LogP contribution in [0.25, 0.3) is 33.5 Å². The molecule has 0 aliphatic carbocycles. The van der Waals surface area contributed by atoms with Gasteiger partial charge in [-0.1, -0.05) is 19.9 Å². The van der Waals surface area contributed by atoms with Crippen LogP contribution in [-0.4, -0.2) is 63.1 Å². The van der Waals surface area contributed by atoms with Crippen LogP contribution >= 0.6 is 0 Å². The molecule has 0 fully saturated rings. The summed E-state index contributed by atoms with van der Waals surface area (Å²) in [5.41, 5.74) is 4.77. The molecule has 2 atom stereocenters. The number of amides is 2. The molecule has 202 valence electrons.